The van der Waals surface area contributed by atoms with Crippen molar-refractivity contribution in [2.75, 3.05) is 6.54 Å². The molecule has 2 aromatic rings. The fourth-order valence-electron chi connectivity index (χ4n) is 1.64. The van der Waals surface area contributed by atoms with E-state index in [0.29, 0.717) is 17.1 Å². The van der Waals surface area contributed by atoms with Crippen LogP contribution in [-0.4, -0.2) is 22.2 Å². The molecule has 4 nitrogen and oxygen atoms in total. The molecule has 0 spiro atoms. The number of carbonyl (C=O) groups excluding carboxylic acids is 1. The van der Waals surface area contributed by atoms with Crippen molar-refractivity contribution >= 4 is 40.1 Å². The summed E-state index contributed by atoms with van der Waals surface area (Å²) < 4.78 is 2.74. The fraction of sp³-hybridized carbons (Fsp3) is 0.231. The number of aryl methyl sites for hydroxylation is 1. The Kier molecular flexibility index (Phi) is 5.21. The molecule has 0 unspecified atom stereocenters. The summed E-state index contributed by atoms with van der Waals surface area (Å²) in [6, 6.07) is 7.18. The normalized spacial score (nSPS) is 10.4. The van der Waals surface area contributed by atoms with Gasteiger partial charge in [-0.25, -0.2) is 0 Å². The van der Waals surface area contributed by atoms with Crippen LogP contribution in [0.15, 0.2) is 36.7 Å². The SMILES string of the molecule is O=C(NCCCn1cccn1)c1cc(Cl)ccc1I. The monoisotopic (exact) mass is 389 g/mol. The first-order valence-corrected chi connectivity index (χ1v) is 7.33. The quantitative estimate of drug-likeness (QED) is 0.631. The van der Waals surface area contributed by atoms with Crippen LogP contribution in [0.4, 0.5) is 0 Å². The molecule has 0 radical (unpaired) electrons. The van der Waals surface area contributed by atoms with E-state index in [2.05, 4.69) is 33.0 Å². The lowest BCUT2D eigenvalue weighted by Gasteiger charge is -2.07. The van der Waals surface area contributed by atoms with Crippen LogP contribution in [0.3, 0.4) is 0 Å². The molecule has 0 saturated carbocycles. The van der Waals surface area contributed by atoms with Crippen molar-refractivity contribution in [1.82, 2.24) is 15.1 Å². The Hall–Kier alpha value is -1.08. The molecular formula is C13H13ClIN3O. The van der Waals surface area contributed by atoms with Crippen molar-refractivity contribution in [2.24, 2.45) is 0 Å². The minimum atomic E-state index is -0.0904. The molecule has 1 amide bonds. The van der Waals surface area contributed by atoms with Crippen LogP contribution in [-0.2, 0) is 6.54 Å². The van der Waals surface area contributed by atoms with E-state index >= 15 is 0 Å². The molecule has 0 fully saturated rings. The molecule has 100 valence electrons. The maximum atomic E-state index is 12.0. The van der Waals surface area contributed by atoms with Gasteiger partial charge in [0.25, 0.3) is 5.91 Å². The first-order chi connectivity index (χ1) is 9.16. The van der Waals surface area contributed by atoms with Crippen LogP contribution in [0.2, 0.25) is 5.02 Å². The maximum Gasteiger partial charge on any atom is 0.252 e. The molecule has 0 aliphatic rings. The lowest BCUT2D eigenvalue weighted by atomic mass is 10.2. The molecule has 1 aromatic heterocycles. The van der Waals surface area contributed by atoms with E-state index in [-0.39, 0.29) is 5.91 Å². The number of carbonyl (C=O) groups is 1. The fourth-order valence-corrected chi connectivity index (χ4v) is 2.39. The van der Waals surface area contributed by atoms with Gasteiger partial charge in [-0.15, -0.1) is 0 Å². The Labute approximate surface area is 130 Å². The van der Waals surface area contributed by atoms with Gasteiger partial charge in [0.15, 0.2) is 0 Å². The zero-order chi connectivity index (χ0) is 13.7. The summed E-state index contributed by atoms with van der Waals surface area (Å²) in [5, 5.41) is 7.56. The van der Waals surface area contributed by atoms with Crippen molar-refractivity contribution in [3.8, 4) is 0 Å². The number of nitrogens with one attached hydrogen (secondary N) is 1. The zero-order valence-electron chi connectivity index (χ0n) is 10.1. The highest BCUT2D eigenvalue weighted by Gasteiger charge is 2.09. The summed E-state index contributed by atoms with van der Waals surface area (Å²) in [5.74, 6) is -0.0904. The van der Waals surface area contributed by atoms with Gasteiger partial charge in [-0.2, -0.15) is 5.10 Å². The number of hydrogen-bond donors (Lipinski definition) is 1. The Morgan fingerprint density at radius 2 is 2.32 bits per heavy atom. The lowest BCUT2D eigenvalue weighted by molar-refractivity contribution is 0.0951. The molecule has 0 saturated heterocycles. The van der Waals surface area contributed by atoms with Crippen molar-refractivity contribution in [3.05, 3.63) is 50.8 Å². The Morgan fingerprint density at radius 1 is 1.47 bits per heavy atom. The number of halogens is 2. The zero-order valence-corrected chi connectivity index (χ0v) is 13.1. The smallest absolute Gasteiger partial charge is 0.252 e. The molecule has 1 heterocycles. The van der Waals surface area contributed by atoms with Gasteiger partial charge in [0, 0.05) is 34.1 Å². The Balaban J connectivity index is 1.82. The van der Waals surface area contributed by atoms with Crippen LogP contribution in [0, 0.1) is 3.57 Å². The largest absolute Gasteiger partial charge is 0.352 e. The minimum Gasteiger partial charge on any atom is -0.352 e. The molecule has 0 aliphatic carbocycles. The highest BCUT2D eigenvalue weighted by Crippen LogP contribution is 2.17. The van der Waals surface area contributed by atoms with Crippen molar-refractivity contribution in [2.45, 2.75) is 13.0 Å². The molecule has 6 heteroatoms. The van der Waals surface area contributed by atoms with Gasteiger partial charge in [-0.1, -0.05) is 11.6 Å². The molecule has 0 atom stereocenters. The van der Waals surface area contributed by atoms with Gasteiger partial charge in [0.05, 0.1) is 5.56 Å². The third-order valence-electron chi connectivity index (χ3n) is 2.58. The highest BCUT2D eigenvalue weighted by atomic mass is 127. The van der Waals surface area contributed by atoms with Gasteiger partial charge in [0.1, 0.15) is 0 Å². The van der Waals surface area contributed by atoms with Crippen LogP contribution in [0.1, 0.15) is 16.8 Å². The van der Waals surface area contributed by atoms with E-state index in [0.717, 1.165) is 16.5 Å². The summed E-state index contributed by atoms with van der Waals surface area (Å²) in [6.07, 6.45) is 4.49. The van der Waals surface area contributed by atoms with E-state index < -0.39 is 0 Å². The summed E-state index contributed by atoms with van der Waals surface area (Å²) in [6.45, 7) is 1.40. The van der Waals surface area contributed by atoms with E-state index in [4.69, 9.17) is 11.6 Å². The molecule has 0 aliphatic heterocycles. The van der Waals surface area contributed by atoms with Gasteiger partial charge in [0.2, 0.25) is 0 Å². The van der Waals surface area contributed by atoms with Crippen molar-refractivity contribution in [1.29, 1.82) is 0 Å². The van der Waals surface area contributed by atoms with E-state index in [1.54, 1.807) is 18.3 Å². The molecule has 1 aromatic carbocycles. The van der Waals surface area contributed by atoms with Crippen molar-refractivity contribution in [3.63, 3.8) is 0 Å². The lowest BCUT2D eigenvalue weighted by Crippen LogP contribution is -2.26. The third kappa shape index (κ3) is 4.21. The number of rotatable bonds is 5. The second-order valence-corrected chi connectivity index (χ2v) is 5.60. The van der Waals surface area contributed by atoms with E-state index in [1.807, 2.05) is 23.0 Å². The molecule has 0 bridgehead atoms. The predicted molar refractivity (Wildman–Crippen MR) is 83.3 cm³/mol. The Morgan fingerprint density at radius 3 is 3.05 bits per heavy atom. The summed E-state index contributed by atoms with van der Waals surface area (Å²) >= 11 is 8.02. The van der Waals surface area contributed by atoms with E-state index in [9.17, 15) is 4.79 Å². The van der Waals surface area contributed by atoms with Crippen LogP contribution < -0.4 is 5.32 Å². The third-order valence-corrected chi connectivity index (χ3v) is 3.76. The van der Waals surface area contributed by atoms with Crippen LogP contribution in [0.25, 0.3) is 0 Å². The number of aromatic nitrogens is 2. The number of nitrogens with zero attached hydrogens (tertiary/aromatic N) is 2. The standard InChI is InChI=1S/C13H13ClIN3O/c14-10-3-4-12(15)11(9-10)13(19)16-5-1-7-18-8-2-6-17-18/h2-4,6,8-9H,1,5,7H2,(H,16,19). The second kappa shape index (κ2) is 6.91. The minimum absolute atomic E-state index is 0.0904. The van der Waals surface area contributed by atoms with E-state index in [1.165, 1.54) is 0 Å². The topological polar surface area (TPSA) is 46.9 Å². The highest BCUT2D eigenvalue weighted by molar-refractivity contribution is 14.1. The Bertz CT molecular complexity index is 557. The summed E-state index contributed by atoms with van der Waals surface area (Å²) in [7, 11) is 0. The van der Waals surface area contributed by atoms with Crippen LogP contribution >= 0.6 is 34.2 Å². The maximum absolute atomic E-state index is 12.0. The van der Waals surface area contributed by atoms with Gasteiger partial charge < -0.3 is 5.32 Å². The summed E-state index contributed by atoms with van der Waals surface area (Å²) in [5.41, 5.74) is 0.618. The first-order valence-electron chi connectivity index (χ1n) is 5.87. The molecule has 19 heavy (non-hydrogen) atoms. The van der Waals surface area contributed by atoms with Crippen molar-refractivity contribution < 1.29 is 4.79 Å². The summed E-state index contributed by atoms with van der Waals surface area (Å²) in [4.78, 5) is 12.0. The predicted octanol–water partition coefficient (Wildman–Crippen LogP) is 2.96. The van der Waals surface area contributed by atoms with Gasteiger partial charge in [-0.05, 0) is 53.3 Å². The first kappa shape index (κ1) is 14.3. The molecule has 1 N–H and O–H groups in total. The second-order valence-electron chi connectivity index (χ2n) is 4.00. The average Bonchev–Trinajstić information content (AvgIpc) is 2.90. The average molecular weight is 390 g/mol. The molecular weight excluding hydrogens is 377 g/mol. The van der Waals surface area contributed by atoms with Gasteiger partial charge >= 0.3 is 0 Å². The van der Waals surface area contributed by atoms with Crippen LogP contribution in [0.5, 0.6) is 0 Å². The number of benzene rings is 1. The van der Waals surface area contributed by atoms with Gasteiger partial charge in [-0.3, -0.25) is 9.48 Å². The number of amides is 1. The number of hydrogen-bond acceptors (Lipinski definition) is 2. The molecule has 2 rings (SSSR count).